The summed E-state index contributed by atoms with van der Waals surface area (Å²) in [5, 5.41) is 3.06. The molecule has 4 rings (SSSR count). The van der Waals surface area contributed by atoms with Gasteiger partial charge in [0.25, 0.3) is 0 Å². The molecule has 2 amide bonds. The molecular formula is C21H26N2O3S. The van der Waals surface area contributed by atoms with Gasteiger partial charge in [0.15, 0.2) is 0 Å². The third-order valence-electron chi connectivity index (χ3n) is 4.95. The number of ether oxygens (including phenoxy) is 2. The lowest BCUT2D eigenvalue weighted by molar-refractivity contribution is 0.0682. The lowest BCUT2D eigenvalue weighted by Crippen LogP contribution is -2.36. The molecule has 1 saturated carbocycles. The van der Waals surface area contributed by atoms with Gasteiger partial charge >= 0.3 is 6.03 Å². The van der Waals surface area contributed by atoms with Crippen LogP contribution in [0.1, 0.15) is 35.4 Å². The van der Waals surface area contributed by atoms with Gasteiger partial charge in [0, 0.05) is 22.4 Å². The molecule has 1 N–H and O–H groups in total. The molecule has 1 aliphatic heterocycles. The lowest BCUT2D eigenvalue weighted by atomic mass is 10.2. The molecule has 2 aromatic rings. The van der Waals surface area contributed by atoms with Crippen LogP contribution in [-0.2, 0) is 11.3 Å². The van der Waals surface area contributed by atoms with E-state index in [1.807, 2.05) is 29.2 Å². The van der Waals surface area contributed by atoms with E-state index in [9.17, 15) is 4.79 Å². The summed E-state index contributed by atoms with van der Waals surface area (Å²) in [5.74, 6) is 0.698. The van der Waals surface area contributed by atoms with E-state index in [2.05, 4.69) is 24.4 Å². The predicted octanol–water partition coefficient (Wildman–Crippen LogP) is 4.81. The topological polar surface area (TPSA) is 50.8 Å². The summed E-state index contributed by atoms with van der Waals surface area (Å²) in [5.41, 5.74) is 0.716. The van der Waals surface area contributed by atoms with E-state index >= 15 is 0 Å². The number of aryl methyl sites for hydroxylation is 1. The van der Waals surface area contributed by atoms with E-state index in [0.717, 1.165) is 32.3 Å². The quantitative estimate of drug-likeness (QED) is 0.743. The molecule has 1 saturated heterocycles. The maximum atomic E-state index is 13.0. The number of carbonyl (C=O) groups is 1. The van der Waals surface area contributed by atoms with Crippen molar-refractivity contribution in [3.8, 4) is 5.75 Å². The number of hydrogen-bond donors (Lipinski definition) is 1. The zero-order chi connectivity index (χ0) is 18.6. The Morgan fingerprint density at radius 2 is 2.11 bits per heavy atom. The number of rotatable bonds is 7. The summed E-state index contributed by atoms with van der Waals surface area (Å²) in [6.07, 6.45) is 4.43. The summed E-state index contributed by atoms with van der Waals surface area (Å²) in [6.45, 7) is 4.09. The van der Waals surface area contributed by atoms with Gasteiger partial charge in [-0.15, -0.1) is 11.3 Å². The minimum absolute atomic E-state index is 0.0586. The van der Waals surface area contributed by atoms with Crippen LogP contribution in [0, 0.1) is 6.92 Å². The Kier molecular flexibility index (Phi) is 5.64. The predicted molar refractivity (Wildman–Crippen MR) is 108 cm³/mol. The molecule has 27 heavy (non-hydrogen) atoms. The van der Waals surface area contributed by atoms with E-state index in [1.165, 1.54) is 9.75 Å². The molecule has 144 valence electrons. The van der Waals surface area contributed by atoms with Crippen molar-refractivity contribution in [3.05, 3.63) is 46.2 Å². The fraction of sp³-hybridized carbons (Fsp3) is 0.476. The van der Waals surface area contributed by atoms with E-state index < -0.39 is 0 Å². The highest BCUT2D eigenvalue weighted by Crippen LogP contribution is 2.32. The van der Waals surface area contributed by atoms with E-state index in [0.29, 0.717) is 30.6 Å². The van der Waals surface area contributed by atoms with E-state index in [-0.39, 0.29) is 12.1 Å². The molecule has 0 radical (unpaired) electrons. The summed E-state index contributed by atoms with van der Waals surface area (Å²) < 4.78 is 11.6. The van der Waals surface area contributed by atoms with Crippen molar-refractivity contribution >= 4 is 23.1 Å². The number of hydrogen-bond acceptors (Lipinski definition) is 4. The zero-order valence-electron chi connectivity index (χ0n) is 15.6. The fourth-order valence-corrected chi connectivity index (χ4v) is 4.22. The van der Waals surface area contributed by atoms with Crippen molar-refractivity contribution < 1.29 is 14.3 Å². The summed E-state index contributed by atoms with van der Waals surface area (Å²) in [4.78, 5) is 17.4. The van der Waals surface area contributed by atoms with Gasteiger partial charge in [-0.3, -0.25) is 0 Å². The monoisotopic (exact) mass is 386 g/mol. The molecule has 1 aromatic carbocycles. The van der Waals surface area contributed by atoms with Crippen molar-refractivity contribution in [1.29, 1.82) is 0 Å². The van der Waals surface area contributed by atoms with Gasteiger partial charge in [-0.1, -0.05) is 12.1 Å². The third kappa shape index (κ3) is 4.82. The minimum Gasteiger partial charge on any atom is -0.489 e. The van der Waals surface area contributed by atoms with Crippen molar-refractivity contribution in [2.24, 2.45) is 0 Å². The first-order valence-electron chi connectivity index (χ1n) is 9.65. The van der Waals surface area contributed by atoms with Crippen LogP contribution in [-0.4, -0.2) is 36.3 Å². The summed E-state index contributed by atoms with van der Waals surface area (Å²) in [7, 11) is 0. The van der Waals surface area contributed by atoms with Gasteiger partial charge in [0.2, 0.25) is 0 Å². The third-order valence-corrected chi connectivity index (χ3v) is 5.93. The van der Waals surface area contributed by atoms with Gasteiger partial charge in [0.05, 0.1) is 18.3 Å². The van der Waals surface area contributed by atoms with E-state index in [4.69, 9.17) is 9.47 Å². The van der Waals surface area contributed by atoms with Gasteiger partial charge in [-0.2, -0.15) is 0 Å². The Bertz CT molecular complexity index is 781. The molecule has 5 nitrogen and oxygen atoms in total. The smallest absolute Gasteiger partial charge is 0.322 e. The Hall–Kier alpha value is -2.05. The van der Waals surface area contributed by atoms with E-state index in [1.54, 1.807) is 11.3 Å². The molecule has 1 atom stereocenters. The zero-order valence-corrected chi connectivity index (χ0v) is 16.5. The van der Waals surface area contributed by atoms with Crippen LogP contribution in [0.5, 0.6) is 5.75 Å². The Morgan fingerprint density at radius 1 is 1.26 bits per heavy atom. The molecule has 0 unspecified atom stereocenters. The van der Waals surface area contributed by atoms with Gasteiger partial charge in [0.1, 0.15) is 12.4 Å². The fourth-order valence-electron chi connectivity index (χ4n) is 3.33. The molecule has 1 aliphatic carbocycles. The van der Waals surface area contributed by atoms with Crippen molar-refractivity contribution in [2.75, 3.05) is 18.5 Å². The van der Waals surface area contributed by atoms with Crippen LogP contribution < -0.4 is 10.1 Å². The molecule has 2 heterocycles. The number of urea groups is 1. The number of nitrogens with zero attached hydrogens (tertiary/aromatic N) is 1. The van der Waals surface area contributed by atoms with Crippen LogP contribution in [0.4, 0.5) is 10.5 Å². The highest BCUT2D eigenvalue weighted by Gasteiger charge is 2.33. The van der Waals surface area contributed by atoms with Crippen LogP contribution in [0.15, 0.2) is 36.4 Å². The summed E-state index contributed by atoms with van der Waals surface area (Å²) in [6, 6.07) is 12.1. The highest BCUT2D eigenvalue weighted by molar-refractivity contribution is 7.11. The number of thiophene rings is 1. The van der Waals surface area contributed by atoms with Crippen molar-refractivity contribution in [3.63, 3.8) is 0 Å². The Labute approximate surface area is 164 Å². The standard InChI is InChI=1S/C21H26N2O3S/c1-15-8-11-18(27-15)13-23(16-9-10-16)21(24)22-19-6-2-3-7-20(19)26-14-17-5-4-12-25-17/h2-3,6-8,11,16-17H,4-5,9-10,12-14H2,1H3,(H,22,24)/t17-/m1/s1. The first-order chi connectivity index (χ1) is 13.2. The first kappa shape index (κ1) is 18.3. The molecule has 1 aromatic heterocycles. The average Bonchev–Trinajstić information content (AvgIpc) is 3.20. The van der Waals surface area contributed by atoms with Crippen LogP contribution in [0.2, 0.25) is 0 Å². The largest absolute Gasteiger partial charge is 0.489 e. The van der Waals surface area contributed by atoms with Crippen molar-refractivity contribution in [1.82, 2.24) is 4.90 Å². The molecule has 0 bridgehead atoms. The normalized spacial score (nSPS) is 19.1. The average molecular weight is 387 g/mol. The lowest BCUT2D eigenvalue weighted by Gasteiger charge is -2.23. The molecule has 6 heteroatoms. The second-order valence-corrected chi connectivity index (χ2v) is 8.62. The second kappa shape index (κ2) is 8.31. The van der Waals surface area contributed by atoms with Gasteiger partial charge < -0.3 is 19.7 Å². The minimum atomic E-state index is -0.0586. The first-order valence-corrected chi connectivity index (χ1v) is 10.5. The van der Waals surface area contributed by atoms with Crippen LogP contribution in [0.25, 0.3) is 0 Å². The molecular weight excluding hydrogens is 360 g/mol. The summed E-state index contributed by atoms with van der Waals surface area (Å²) >= 11 is 1.75. The molecule has 2 fully saturated rings. The SMILES string of the molecule is Cc1ccc(CN(C(=O)Nc2ccccc2OC[C@H]2CCCO2)C2CC2)s1. The van der Waals surface area contributed by atoms with Gasteiger partial charge in [-0.25, -0.2) is 4.79 Å². The number of carbonyl (C=O) groups excluding carboxylic acids is 1. The molecule has 0 spiro atoms. The Morgan fingerprint density at radius 3 is 2.81 bits per heavy atom. The second-order valence-electron chi connectivity index (χ2n) is 7.24. The molecule has 2 aliphatic rings. The van der Waals surface area contributed by atoms with Crippen molar-refractivity contribution in [2.45, 2.75) is 51.3 Å². The van der Waals surface area contributed by atoms with Crippen LogP contribution >= 0.6 is 11.3 Å². The number of amides is 2. The van der Waals surface area contributed by atoms with Gasteiger partial charge in [-0.05, 0) is 56.9 Å². The maximum Gasteiger partial charge on any atom is 0.322 e. The number of nitrogens with one attached hydrogen (secondary N) is 1. The van der Waals surface area contributed by atoms with Crippen LogP contribution in [0.3, 0.4) is 0 Å². The number of anilines is 1. The number of para-hydroxylation sites is 2. The Balaban J connectivity index is 1.41. The highest BCUT2D eigenvalue weighted by atomic mass is 32.1. The maximum absolute atomic E-state index is 13.0. The number of benzene rings is 1.